The maximum Gasteiger partial charge on any atom is 0.341 e. The molecule has 0 saturated heterocycles. The largest absolute Gasteiger partial charge is 0.494 e. The van der Waals surface area contributed by atoms with Gasteiger partial charge in [0.1, 0.15) is 11.8 Å². The number of nitrogens with zero attached hydrogens (tertiary/aromatic N) is 1. The molecular weight excluding hydrogens is 402 g/mol. The molecule has 1 aromatic carbocycles. The van der Waals surface area contributed by atoms with Gasteiger partial charge < -0.3 is 14.4 Å². The summed E-state index contributed by atoms with van der Waals surface area (Å²) in [6.45, 7) is 0. The summed E-state index contributed by atoms with van der Waals surface area (Å²) >= 11 is 0. The van der Waals surface area contributed by atoms with Gasteiger partial charge in [-0.25, -0.2) is 4.79 Å². The fourth-order valence-electron chi connectivity index (χ4n) is 4.52. The highest BCUT2D eigenvalue weighted by molar-refractivity contribution is 7.33. The first kappa shape index (κ1) is 19.1. The molecule has 6 nitrogen and oxygen atoms in total. The van der Waals surface area contributed by atoms with Gasteiger partial charge in [0.25, 0.3) is 0 Å². The van der Waals surface area contributed by atoms with Gasteiger partial charge in [-0.3, -0.25) is 9.59 Å². The van der Waals surface area contributed by atoms with E-state index in [1.807, 2.05) is 16.7 Å². The van der Waals surface area contributed by atoms with Gasteiger partial charge in [-0.15, -0.1) is 0 Å². The number of thiophene rings is 1. The second kappa shape index (κ2) is 6.80. The first-order chi connectivity index (χ1) is 14.4. The second-order valence-electron chi connectivity index (χ2n) is 7.99. The molecule has 0 spiro atoms. The number of carbonyl (C=O) groups is 2. The number of methoxy groups -OCH3 is 1. The van der Waals surface area contributed by atoms with E-state index in [2.05, 4.69) is 6.26 Å². The molecule has 2 heterocycles. The molecule has 1 unspecified atom stereocenters. The van der Waals surface area contributed by atoms with Crippen molar-refractivity contribution in [2.24, 2.45) is 6.26 Å². The predicted octanol–water partition coefficient (Wildman–Crippen LogP) is 4.52. The van der Waals surface area contributed by atoms with Crippen LogP contribution in [0, 0.1) is 0 Å². The van der Waals surface area contributed by atoms with E-state index in [0.29, 0.717) is 23.1 Å². The number of hydrogen-bond donors (Lipinski definition) is 1. The smallest absolute Gasteiger partial charge is 0.341 e. The molecule has 3 aromatic rings. The minimum Gasteiger partial charge on any atom is -0.494 e. The highest BCUT2D eigenvalue weighted by Gasteiger charge is 2.34. The van der Waals surface area contributed by atoms with Crippen LogP contribution in [0.2, 0.25) is 0 Å². The molecule has 0 aliphatic heterocycles. The molecule has 1 N–H and O–H groups in total. The van der Waals surface area contributed by atoms with E-state index >= 15 is 0 Å². The summed E-state index contributed by atoms with van der Waals surface area (Å²) in [6, 6.07) is 5.71. The van der Waals surface area contributed by atoms with Crippen molar-refractivity contribution in [3.05, 3.63) is 50.6 Å². The van der Waals surface area contributed by atoms with Crippen molar-refractivity contribution >= 4 is 33.1 Å². The minimum absolute atomic E-state index is 0.167. The van der Waals surface area contributed by atoms with E-state index in [-0.39, 0.29) is 27.9 Å². The number of fused-ring (bicyclic) bond motifs is 2. The Kier molecular flexibility index (Phi) is 4.32. The Morgan fingerprint density at radius 2 is 1.97 bits per heavy atom. The monoisotopic (exact) mass is 424 g/mol. The van der Waals surface area contributed by atoms with Gasteiger partial charge in [-0.2, -0.15) is 0 Å². The van der Waals surface area contributed by atoms with Gasteiger partial charge >= 0.3 is 5.97 Å². The molecular formula is C23H22NO5S+. The Hall–Kier alpha value is -2.93. The van der Waals surface area contributed by atoms with Gasteiger partial charge in [0.15, 0.2) is 21.3 Å². The molecule has 2 aliphatic carbocycles. The van der Waals surface area contributed by atoms with E-state index in [9.17, 15) is 19.5 Å². The van der Waals surface area contributed by atoms with Crippen LogP contribution in [-0.4, -0.2) is 28.5 Å². The van der Waals surface area contributed by atoms with Crippen molar-refractivity contribution in [2.75, 3.05) is 7.11 Å². The number of aromatic nitrogens is 1. The van der Waals surface area contributed by atoms with Crippen molar-refractivity contribution in [1.82, 2.24) is 4.57 Å². The van der Waals surface area contributed by atoms with Crippen molar-refractivity contribution < 1.29 is 19.4 Å². The SMILES string of the molecule is COc1c(-c2cc3c([s+]2C)CCCC3=O)ccc2c(=O)c(C(=O)O)cn(C3CC3)c12. The first-order valence-electron chi connectivity index (χ1n) is 10.1. The molecule has 1 atom stereocenters. The quantitative estimate of drug-likeness (QED) is 0.623. The fraction of sp³-hybridized carbons (Fsp3) is 0.348. The number of carboxylic acid groups (broad SMARTS) is 1. The lowest BCUT2D eigenvalue weighted by atomic mass is 9.97. The van der Waals surface area contributed by atoms with Crippen LogP contribution in [0.1, 0.15) is 57.3 Å². The number of ether oxygens (including phenoxy) is 1. The zero-order valence-electron chi connectivity index (χ0n) is 16.9. The predicted molar refractivity (Wildman–Crippen MR) is 116 cm³/mol. The summed E-state index contributed by atoms with van der Waals surface area (Å²) in [5.41, 5.74) is 1.63. The van der Waals surface area contributed by atoms with Crippen LogP contribution < -0.4 is 10.2 Å². The number of Topliss-reactive ketones (excluding diaryl/α,β-unsaturated/α-hetero) is 1. The number of carboxylic acids is 1. The van der Waals surface area contributed by atoms with E-state index in [1.165, 1.54) is 11.1 Å². The number of benzene rings is 1. The fourth-order valence-corrected chi connectivity index (χ4v) is 6.52. The van der Waals surface area contributed by atoms with Crippen LogP contribution in [0.15, 0.2) is 29.2 Å². The lowest BCUT2D eigenvalue weighted by molar-refractivity contribution is 0.0694. The number of carbonyl (C=O) groups excluding carboxylic acids is 1. The molecule has 30 heavy (non-hydrogen) atoms. The average molecular weight is 424 g/mol. The Labute approximate surface area is 175 Å². The number of rotatable bonds is 4. The zero-order chi connectivity index (χ0) is 21.2. The van der Waals surface area contributed by atoms with Gasteiger partial charge in [-0.1, -0.05) is 0 Å². The molecule has 154 valence electrons. The maximum absolute atomic E-state index is 12.9. The van der Waals surface area contributed by atoms with E-state index in [4.69, 9.17) is 4.74 Å². The van der Waals surface area contributed by atoms with Crippen molar-refractivity contribution in [2.45, 2.75) is 38.1 Å². The Balaban J connectivity index is 1.83. The van der Waals surface area contributed by atoms with E-state index < -0.39 is 11.4 Å². The number of aromatic carboxylic acids is 1. The standard InChI is InChI=1S/C23H21NO5S/c1-29-22-13(19-10-15-17(25)4-3-5-18(15)30(19)2)8-9-14-20(22)24(12-6-7-12)11-16(21(14)26)23(27)28/h8-12H,3-7H2,1-2H3/p+1. The van der Waals surface area contributed by atoms with E-state index in [1.54, 1.807) is 13.2 Å². The molecule has 1 fully saturated rings. The van der Waals surface area contributed by atoms with Crippen LogP contribution in [0.25, 0.3) is 21.3 Å². The summed E-state index contributed by atoms with van der Waals surface area (Å²) in [5.74, 6) is -0.444. The molecule has 0 bridgehead atoms. The van der Waals surface area contributed by atoms with Crippen LogP contribution in [0.4, 0.5) is 0 Å². The lowest BCUT2D eigenvalue weighted by Gasteiger charge is -2.16. The van der Waals surface area contributed by atoms with Crippen molar-refractivity contribution in [3.8, 4) is 16.2 Å². The van der Waals surface area contributed by atoms with Gasteiger partial charge in [0.2, 0.25) is 5.43 Å². The molecule has 5 rings (SSSR count). The normalized spacial score (nSPS) is 16.6. The molecule has 0 radical (unpaired) electrons. The van der Waals surface area contributed by atoms with Crippen LogP contribution in [-0.2, 0) is 12.7 Å². The van der Waals surface area contributed by atoms with E-state index in [0.717, 1.165) is 41.7 Å². The number of hydrogen-bond acceptors (Lipinski definition) is 4. The van der Waals surface area contributed by atoms with Crippen LogP contribution in [0.5, 0.6) is 5.75 Å². The topological polar surface area (TPSA) is 85.6 Å². The second-order valence-corrected chi connectivity index (χ2v) is 9.94. The molecule has 0 amide bonds. The van der Waals surface area contributed by atoms with Gasteiger partial charge in [-0.05, 0) is 41.9 Å². The first-order valence-corrected chi connectivity index (χ1v) is 11.7. The molecule has 2 aromatic heterocycles. The highest BCUT2D eigenvalue weighted by atomic mass is 32.2. The maximum atomic E-state index is 12.9. The van der Waals surface area contributed by atoms with Crippen LogP contribution in [0.3, 0.4) is 0 Å². The Morgan fingerprint density at radius 3 is 2.60 bits per heavy atom. The molecule has 7 heteroatoms. The zero-order valence-corrected chi connectivity index (χ0v) is 17.7. The summed E-state index contributed by atoms with van der Waals surface area (Å²) in [4.78, 5) is 39.2. The third-order valence-corrected chi connectivity index (χ3v) is 8.33. The van der Waals surface area contributed by atoms with Crippen LogP contribution >= 0.6 is 10.5 Å². The highest BCUT2D eigenvalue weighted by Crippen LogP contribution is 2.48. The third kappa shape index (κ3) is 2.72. The molecule has 2 aliphatic rings. The summed E-state index contributed by atoms with van der Waals surface area (Å²) < 4.78 is 7.72. The summed E-state index contributed by atoms with van der Waals surface area (Å²) in [7, 11) is 1.36. The van der Waals surface area contributed by atoms with Gasteiger partial charge in [0.05, 0.1) is 29.1 Å². The average Bonchev–Trinajstić information content (AvgIpc) is 3.51. The minimum atomic E-state index is -1.22. The number of pyridine rings is 1. The Morgan fingerprint density at radius 1 is 1.20 bits per heavy atom. The summed E-state index contributed by atoms with van der Waals surface area (Å²) in [5, 5.41) is 9.85. The number of ketones is 1. The molecule has 1 saturated carbocycles. The van der Waals surface area contributed by atoms with Crippen molar-refractivity contribution in [3.63, 3.8) is 0 Å². The third-order valence-electron chi connectivity index (χ3n) is 6.17. The van der Waals surface area contributed by atoms with Crippen molar-refractivity contribution in [1.29, 1.82) is 0 Å². The summed E-state index contributed by atoms with van der Waals surface area (Å²) in [6.07, 6.45) is 7.89. The lowest BCUT2D eigenvalue weighted by Crippen LogP contribution is -2.19. The van der Waals surface area contributed by atoms with Gasteiger partial charge in [0, 0.05) is 31.1 Å². The Bertz CT molecular complexity index is 1300.